The minimum atomic E-state index is -0.507. The SMILES string of the molecule is COC(=O)c1c(C)[nH]c(-c2cc(Cl)ccc2Br)nc1=S. The molecule has 0 unspecified atom stereocenters. The summed E-state index contributed by atoms with van der Waals surface area (Å²) < 4.78 is 5.70. The van der Waals surface area contributed by atoms with Gasteiger partial charge in [0.25, 0.3) is 0 Å². The van der Waals surface area contributed by atoms with E-state index in [9.17, 15) is 4.79 Å². The first-order valence-corrected chi connectivity index (χ1v) is 7.16. The first kappa shape index (κ1) is 15.2. The van der Waals surface area contributed by atoms with E-state index in [-0.39, 0.29) is 10.2 Å². The first-order valence-electron chi connectivity index (χ1n) is 5.58. The summed E-state index contributed by atoms with van der Waals surface area (Å²) in [7, 11) is 1.30. The molecule has 104 valence electrons. The van der Waals surface area contributed by atoms with Crippen molar-refractivity contribution in [2.45, 2.75) is 6.92 Å². The number of benzene rings is 1. The lowest BCUT2D eigenvalue weighted by Gasteiger charge is -2.09. The molecule has 1 aromatic heterocycles. The smallest absolute Gasteiger partial charge is 0.342 e. The van der Waals surface area contributed by atoms with Crippen molar-refractivity contribution >= 4 is 45.7 Å². The normalized spacial score (nSPS) is 10.4. The van der Waals surface area contributed by atoms with Gasteiger partial charge in [0.05, 0.1) is 7.11 Å². The van der Waals surface area contributed by atoms with E-state index in [1.807, 2.05) is 6.07 Å². The Morgan fingerprint density at radius 2 is 2.20 bits per heavy atom. The van der Waals surface area contributed by atoms with Crippen molar-refractivity contribution in [3.63, 3.8) is 0 Å². The van der Waals surface area contributed by atoms with Gasteiger partial charge in [-0.3, -0.25) is 0 Å². The van der Waals surface area contributed by atoms with Gasteiger partial charge in [0, 0.05) is 20.8 Å². The zero-order valence-electron chi connectivity index (χ0n) is 10.7. The standard InChI is InChI=1S/C13H10BrClN2O2S/c1-6-10(13(18)19-2)12(20)17-11(16-6)8-5-7(15)3-4-9(8)14/h3-5H,1-2H3,(H,16,17,20). The lowest BCUT2D eigenvalue weighted by atomic mass is 10.2. The molecule has 0 aliphatic carbocycles. The average Bonchev–Trinajstić information content (AvgIpc) is 2.40. The molecule has 4 nitrogen and oxygen atoms in total. The highest BCUT2D eigenvalue weighted by molar-refractivity contribution is 9.10. The predicted molar refractivity (Wildman–Crippen MR) is 83.6 cm³/mol. The number of aryl methyl sites for hydroxylation is 1. The van der Waals surface area contributed by atoms with Crippen molar-refractivity contribution in [2.24, 2.45) is 0 Å². The van der Waals surface area contributed by atoms with E-state index < -0.39 is 5.97 Å². The fourth-order valence-electron chi connectivity index (χ4n) is 1.73. The fourth-order valence-corrected chi connectivity index (χ4v) is 2.67. The molecule has 0 saturated heterocycles. The van der Waals surface area contributed by atoms with Crippen molar-refractivity contribution in [2.75, 3.05) is 7.11 Å². The molecule has 0 fully saturated rings. The van der Waals surface area contributed by atoms with E-state index in [1.54, 1.807) is 19.1 Å². The second-order valence-corrected chi connectivity index (χ2v) is 5.68. The van der Waals surface area contributed by atoms with Crippen LogP contribution >= 0.6 is 39.7 Å². The number of rotatable bonds is 2. The summed E-state index contributed by atoms with van der Waals surface area (Å²) >= 11 is 14.6. The van der Waals surface area contributed by atoms with Crippen LogP contribution in [0.4, 0.5) is 0 Å². The lowest BCUT2D eigenvalue weighted by Crippen LogP contribution is -2.09. The second-order valence-electron chi connectivity index (χ2n) is 4.01. The highest BCUT2D eigenvalue weighted by Crippen LogP contribution is 2.29. The highest BCUT2D eigenvalue weighted by Gasteiger charge is 2.16. The van der Waals surface area contributed by atoms with Crippen molar-refractivity contribution in [3.8, 4) is 11.4 Å². The molecule has 1 aromatic carbocycles. The Bertz CT molecular complexity index is 746. The van der Waals surface area contributed by atoms with Crippen LogP contribution in [0.1, 0.15) is 16.1 Å². The van der Waals surface area contributed by atoms with E-state index in [0.29, 0.717) is 16.5 Å². The first-order chi connectivity index (χ1) is 9.43. The molecule has 0 radical (unpaired) electrons. The summed E-state index contributed by atoms with van der Waals surface area (Å²) in [4.78, 5) is 18.9. The third-order valence-corrected chi connectivity index (χ3v) is 3.90. The number of H-pyrrole nitrogens is 1. The number of halogens is 2. The van der Waals surface area contributed by atoms with E-state index in [1.165, 1.54) is 7.11 Å². The Morgan fingerprint density at radius 3 is 2.80 bits per heavy atom. The second kappa shape index (κ2) is 6.03. The molecule has 1 N–H and O–H groups in total. The van der Waals surface area contributed by atoms with Crippen LogP contribution in [0, 0.1) is 11.6 Å². The molecule has 20 heavy (non-hydrogen) atoms. The maximum Gasteiger partial charge on any atom is 0.342 e. The molecule has 0 spiro atoms. The zero-order valence-corrected chi connectivity index (χ0v) is 13.8. The monoisotopic (exact) mass is 372 g/mol. The Labute approximate surface area is 134 Å². The van der Waals surface area contributed by atoms with Crippen LogP contribution < -0.4 is 0 Å². The Balaban J connectivity index is 2.64. The minimum Gasteiger partial charge on any atom is -0.465 e. The number of methoxy groups -OCH3 is 1. The minimum absolute atomic E-state index is 0.190. The average molecular weight is 374 g/mol. The molecule has 0 bridgehead atoms. The molecule has 0 aliphatic heterocycles. The van der Waals surface area contributed by atoms with Crippen molar-refractivity contribution in [1.29, 1.82) is 0 Å². The maximum atomic E-state index is 11.6. The summed E-state index contributed by atoms with van der Waals surface area (Å²) in [6.07, 6.45) is 0. The zero-order chi connectivity index (χ0) is 14.9. The molecule has 0 amide bonds. The number of hydrogen-bond donors (Lipinski definition) is 1. The Morgan fingerprint density at radius 1 is 1.50 bits per heavy atom. The van der Waals surface area contributed by atoms with Crippen LogP contribution in [0.15, 0.2) is 22.7 Å². The van der Waals surface area contributed by atoms with Crippen LogP contribution in [-0.2, 0) is 4.74 Å². The summed E-state index contributed by atoms with van der Waals surface area (Å²) in [5.41, 5.74) is 1.63. The van der Waals surface area contributed by atoms with E-state index in [0.717, 1.165) is 10.0 Å². The van der Waals surface area contributed by atoms with Gasteiger partial charge >= 0.3 is 5.97 Å². The third kappa shape index (κ3) is 2.92. The number of hydrogen-bond acceptors (Lipinski definition) is 4. The van der Waals surface area contributed by atoms with Crippen LogP contribution in [0.3, 0.4) is 0 Å². The van der Waals surface area contributed by atoms with Gasteiger partial charge < -0.3 is 9.72 Å². The number of nitrogens with zero attached hydrogens (tertiary/aromatic N) is 1. The quantitative estimate of drug-likeness (QED) is 0.629. The van der Waals surface area contributed by atoms with E-state index in [2.05, 4.69) is 25.9 Å². The number of carbonyl (C=O) groups excluding carboxylic acids is 1. The largest absolute Gasteiger partial charge is 0.465 e. The molecule has 2 rings (SSSR count). The van der Waals surface area contributed by atoms with Crippen LogP contribution in [0.2, 0.25) is 5.02 Å². The molecular weight excluding hydrogens is 364 g/mol. The van der Waals surface area contributed by atoms with Crippen LogP contribution in [0.5, 0.6) is 0 Å². The van der Waals surface area contributed by atoms with Crippen molar-refractivity contribution in [3.05, 3.63) is 43.6 Å². The number of esters is 1. The topological polar surface area (TPSA) is 55.0 Å². The maximum absolute atomic E-state index is 11.6. The number of carbonyl (C=O) groups is 1. The third-order valence-electron chi connectivity index (χ3n) is 2.68. The fraction of sp³-hybridized carbons (Fsp3) is 0.154. The van der Waals surface area contributed by atoms with Gasteiger partial charge in [0.1, 0.15) is 16.0 Å². The molecule has 0 saturated carbocycles. The van der Waals surface area contributed by atoms with Crippen LogP contribution in [-0.4, -0.2) is 23.0 Å². The number of aromatic nitrogens is 2. The molecule has 0 atom stereocenters. The lowest BCUT2D eigenvalue weighted by molar-refractivity contribution is 0.0598. The van der Waals surface area contributed by atoms with Gasteiger partial charge in [-0.05, 0) is 25.1 Å². The summed E-state index contributed by atoms with van der Waals surface area (Å²) in [6, 6.07) is 5.34. The summed E-state index contributed by atoms with van der Waals surface area (Å²) in [5.74, 6) is 0.0301. The molecule has 7 heteroatoms. The Hall–Kier alpha value is -1.24. The molecule has 0 aliphatic rings. The van der Waals surface area contributed by atoms with E-state index >= 15 is 0 Å². The van der Waals surface area contributed by atoms with Crippen LogP contribution in [0.25, 0.3) is 11.4 Å². The number of aromatic amines is 1. The summed E-state index contributed by atoms with van der Waals surface area (Å²) in [5, 5.41) is 0.582. The Kier molecular flexibility index (Phi) is 4.57. The summed E-state index contributed by atoms with van der Waals surface area (Å²) in [6.45, 7) is 1.74. The van der Waals surface area contributed by atoms with Gasteiger partial charge in [0.15, 0.2) is 0 Å². The number of ether oxygens (including phenoxy) is 1. The van der Waals surface area contributed by atoms with E-state index in [4.69, 9.17) is 28.6 Å². The van der Waals surface area contributed by atoms with Gasteiger partial charge in [0.2, 0.25) is 0 Å². The molecule has 1 heterocycles. The van der Waals surface area contributed by atoms with Crippen molar-refractivity contribution < 1.29 is 9.53 Å². The van der Waals surface area contributed by atoms with Gasteiger partial charge in [-0.1, -0.05) is 39.7 Å². The predicted octanol–water partition coefficient (Wildman–Crippen LogP) is 4.32. The van der Waals surface area contributed by atoms with Gasteiger partial charge in [-0.15, -0.1) is 0 Å². The van der Waals surface area contributed by atoms with Gasteiger partial charge in [-0.2, -0.15) is 0 Å². The molecule has 2 aromatic rings. The highest BCUT2D eigenvalue weighted by atomic mass is 79.9. The van der Waals surface area contributed by atoms with Crippen molar-refractivity contribution in [1.82, 2.24) is 9.97 Å². The van der Waals surface area contributed by atoms with Gasteiger partial charge in [-0.25, -0.2) is 9.78 Å². The molecular formula is C13H10BrClN2O2S. The number of nitrogens with one attached hydrogen (secondary N) is 1.